The monoisotopic (exact) mass is 677 g/mol. The van der Waals surface area contributed by atoms with E-state index in [9.17, 15) is 23.9 Å². The largest absolute Gasteiger partial charge is 0.378 e. The molecule has 5 heterocycles. The lowest BCUT2D eigenvalue weighted by atomic mass is 9.90. The molecule has 0 bridgehead atoms. The van der Waals surface area contributed by atoms with Crippen LogP contribution in [0.2, 0.25) is 0 Å². The molecular formula is C38H40FN7O4. The maximum absolute atomic E-state index is 14.5. The van der Waals surface area contributed by atoms with Crippen molar-refractivity contribution < 1.29 is 14.3 Å². The Balaban J connectivity index is 1.06. The molecule has 3 aromatic heterocycles. The number of nitrogens with one attached hydrogen (secondary N) is 1. The van der Waals surface area contributed by atoms with E-state index in [1.165, 1.54) is 9.13 Å². The summed E-state index contributed by atoms with van der Waals surface area (Å²) in [6.45, 7) is 2.42. The molecule has 0 radical (unpaired) electrons. The third kappa shape index (κ3) is 6.18. The molecule has 1 unspecified atom stereocenters. The second kappa shape index (κ2) is 13.4. The van der Waals surface area contributed by atoms with Crippen LogP contribution in [0.1, 0.15) is 79.3 Å². The van der Waals surface area contributed by atoms with Crippen molar-refractivity contribution in [2.75, 3.05) is 6.54 Å². The van der Waals surface area contributed by atoms with E-state index in [4.69, 9.17) is 0 Å². The molecule has 1 amide bonds. The number of aliphatic hydroxyl groups excluding tert-OH is 1. The van der Waals surface area contributed by atoms with Crippen LogP contribution >= 0.6 is 0 Å². The van der Waals surface area contributed by atoms with Crippen LogP contribution in [-0.2, 0) is 19.5 Å². The Morgan fingerprint density at radius 1 is 0.940 bits per heavy atom. The summed E-state index contributed by atoms with van der Waals surface area (Å²) >= 11 is 0. The van der Waals surface area contributed by atoms with Gasteiger partial charge in [0.25, 0.3) is 11.5 Å². The van der Waals surface area contributed by atoms with Crippen LogP contribution in [0.5, 0.6) is 0 Å². The van der Waals surface area contributed by atoms with E-state index in [1.54, 1.807) is 6.07 Å². The normalized spacial score (nSPS) is 21.0. The number of imidazole rings is 1. The van der Waals surface area contributed by atoms with Crippen molar-refractivity contribution in [3.8, 4) is 16.8 Å². The lowest BCUT2D eigenvalue weighted by Crippen LogP contribution is -2.45. The summed E-state index contributed by atoms with van der Waals surface area (Å²) in [5.74, 6) is 0.0805. The van der Waals surface area contributed by atoms with Gasteiger partial charge in [-0.15, -0.1) is 0 Å². The van der Waals surface area contributed by atoms with Crippen LogP contribution in [0.15, 0.2) is 76.6 Å². The Bertz CT molecular complexity index is 2160. The van der Waals surface area contributed by atoms with E-state index in [2.05, 4.69) is 24.8 Å². The predicted molar refractivity (Wildman–Crippen MR) is 187 cm³/mol. The number of aryl methyl sites for hydroxylation is 2. The van der Waals surface area contributed by atoms with E-state index >= 15 is 0 Å². The van der Waals surface area contributed by atoms with Gasteiger partial charge in [-0.1, -0.05) is 36.4 Å². The van der Waals surface area contributed by atoms with Gasteiger partial charge in [0.1, 0.15) is 23.6 Å². The third-order valence-corrected chi connectivity index (χ3v) is 10.5. The molecule has 1 atom stereocenters. The first-order valence-corrected chi connectivity index (χ1v) is 17.6. The fourth-order valence-electron chi connectivity index (χ4n) is 7.85. The summed E-state index contributed by atoms with van der Waals surface area (Å²) in [7, 11) is 0. The number of aliphatic hydroxyl groups is 1. The molecule has 50 heavy (non-hydrogen) atoms. The Morgan fingerprint density at radius 3 is 2.52 bits per heavy atom. The molecule has 8 rings (SSSR count). The van der Waals surface area contributed by atoms with Crippen molar-refractivity contribution in [2.45, 2.75) is 89.2 Å². The van der Waals surface area contributed by atoms with E-state index < -0.39 is 29.3 Å². The summed E-state index contributed by atoms with van der Waals surface area (Å²) in [5, 5.41) is 13.3. The standard InChI is InChI=1S/C38H40FN7O4/c39-27-20-31-35(40-21-27)45(30-6-3-5-26(19-30)25-11-9-24(10-12-25)22-44-18-4-8-34(44)47)38(50)46(37(31)49)29-15-13-28(14-16-29)41-36(48)32-23-43-17-2-1-7-33(43)42-32/h3,5-6,9-12,19-21,23,28-29,34,47H,1-2,4,7-8,13-18,22H2,(H,41,48)/t28-,29+,34?. The van der Waals surface area contributed by atoms with Crippen molar-refractivity contribution in [3.63, 3.8) is 0 Å². The fraction of sp³-hybridized carbons (Fsp3) is 0.395. The van der Waals surface area contributed by atoms with E-state index in [0.29, 0.717) is 43.6 Å². The Labute approximate surface area is 288 Å². The molecule has 12 heteroatoms. The smallest absolute Gasteiger partial charge is 0.337 e. The summed E-state index contributed by atoms with van der Waals surface area (Å²) in [6, 6.07) is 16.2. The maximum Gasteiger partial charge on any atom is 0.337 e. The van der Waals surface area contributed by atoms with Crippen LogP contribution in [0.4, 0.5) is 4.39 Å². The molecule has 3 aliphatic rings. The van der Waals surface area contributed by atoms with Crippen LogP contribution < -0.4 is 16.6 Å². The Kier molecular flexibility index (Phi) is 8.65. The molecule has 2 aromatic carbocycles. The van der Waals surface area contributed by atoms with Crippen molar-refractivity contribution in [1.82, 2.24) is 33.9 Å². The number of aromatic nitrogens is 5. The number of carbonyl (C=O) groups is 1. The quantitative estimate of drug-likeness (QED) is 0.256. The van der Waals surface area contributed by atoms with Gasteiger partial charge in [0.15, 0.2) is 5.65 Å². The zero-order valence-corrected chi connectivity index (χ0v) is 27.8. The van der Waals surface area contributed by atoms with Crippen LogP contribution in [0.25, 0.3) is 27.8 Å². The predicted octanol–water partition coefficient (Wildman–Crippen LogP) is 4.71. The first-order chi connectivity index (χ1) is 24.3. The molecule has 2 N–H and O–H groups in total. The lowest BCUT2D eigenvalue weighted by Gasteiger charge is -2.30. The van der Waals surface area contributed by atoms with Crippen molar-refractivity contribution in [3.05, 3.63) is 111 Å². The van der Waals surface area contributed by atoms with Gasteiger partial charge in [0.05, 0.1) is 17.3 Å². The van der Waals surface area contributed by atoms with Crippen molar-refractivity contribution >= 4 is 16.9 Å². The van der Waals surface area contributed by atoms with Crippen molar-refractivity contribution in [1.29, 1.82) is 0 Å². The number of amides is 1. The topological polar surface area (TPSA) is 127 Å². The minimum absolute atomic E-state index is 0.0302. The highest BCUT2D eigenvalue weighted by molar-refractivity contribution is 5.92. The second-order valence-corrected chi connectivity index (χ2v) is 13.8. The fourth-order valence-corrected chi connectivity index (χ4v) is 7.85. The number of hydrogen-bond donors (Lipinski definition) is 2. The molecule has 2 fully saturated rings. The Morgan fingerprint density at radius 2 is 1.76 bits per heavy atom. The van der Waals surface area contributed by atoms with E-state index in [-0.39, 0.29) is 23.0 Å². The van der Waals surface area contributed by atoms with Crippen LogP contribution in [0.3, 0.4) is 0 Å². The SMILES string of the molecule is O=C(N[C@H]1CC[C@@H](n2c(=O)c3cc(F)cnc3n(-c3cccc(-c4ccc(CN5CCCC5O)cc4)c3)c2=O)CC1)c1cn2c(n1)CCCC2. The summed E-state index contributed by atoms with van der Waals surface area (Å²) < 4.78 is 19.2. The highest BCUT2D eigenvalue weighted by atomic mass is 19.1. The molecule has 258 valence electrons. The summed E-state index contributed by atoms with van der Waals surface area (Å²) in [4.78, 5) is 52.0. The minimum atomic E-state index is -0.658. The van der Waals surface area contributed by atoms with Gasteiger partial charge in [-0.25, -0.2) is 23.7 Å². The lowest BCUT2D eigenvalue weighted by molar-refractivity contribution is 0.0328. The van der Waals surface area contributed by atoms with Gasteiger partial charge in [0.2, 0.25) is 0 Å². The molecule has 1 saturated carbocycles. The van der Waals surface area contributed by atoms with Crippen molar-refractivity contribution in [2.24, 2.45) is 0 Å². The Hall–Kier alpha value is -4.94. The molecule has 5 aromatic rings. The van der Waals surface area contributed by atoms with Gasteiger partial charge < -0.3 is 15.0 Å². The molecular weight excluding hydrogens is 637 g/mol. The van der Waals surface area contributed by atoms with E-state index in [1.807, 2.05) is 48.7 Å². The zero-order valence-electron chi connectivity index (χ0n) is 27.8. The zero-order chi connectivity index (χ0) is 34.4. The number of hydrogen-bond acceptors (Lipinski definition) is 7. The maximum atomic E-state index is 14.5. The average Bonchev–Trinajstić information content (AvgIpc) is 3.76. The number of fused-ring (bicyclic) bond motifs is 2. The van der Waals surface area contributed by atoms with Gasteiger partial charge in [0, 0.05) is 44.3 Å². The number of pyridine rings is 1. The first-order valence-electron chi connectivity index (χ1n) is 17.6. The summed E-state index contributed by atoms with van der Waals surface area (Å²) in [6.07, 6.45) is 9.40. The molecule has 1 saturated heterocycles. The number of likely N-dealkylation sites (tertiary alicyclic amines) is 1. The van der Waals surface area contributed by atoms with Gasteiger partial charge in [-0.3, -0.25) is 19.1 Å². The second-order valence-electron chi connectivity index (χ2n) is 13.8. The molecule has 2 aliphatic heterocycles. The number of benzene rings is 2. The number of halogens is 1. The number of carbonyl (C=O) groups excluding carboxylic acids is 1. The highest BCUT2D eigenvalue weighted by Gasteiger charge is 2.29. The number of nitrogens with zero attached hydrogens (tertiary/aromatic N) is 6. The van der Waals surface area contributed by atoms with Crippen LogP contribution in [-0.4, -0.2) is 58.4 Å². The van der Waals surface area contributed by atoms with Gasteiger partial charge in [-0.05, 0) is 86.3 Å². The highest BCUT2D eigenvalue weighted by Crippen LogP contribution is 2.29. The number of rotatable bonds is 7. The van der Waals surface area contributed by atoms with E-state index in [0.717, 1.165) is 80.0 Å². The van der Waals surface area contributed by atoms with Crippen LogP contribution in [0, 0.1) is 5.82 Å². The third-order valence-electron chi connectivity index (χ3n) is 10.5. The first kappa shape index (κ1) is 32.3. The summed E-state index contributed by atoms with van der Waals surface area (Å²) in [5.41, 5.74) is 2.83. The minimum Gasteiger partial charge on any atom is -0.378 e. The molecule has 1 aliphatic carbocycles. The van der Waals surface area contributed by atoms with Gasteiger partial charge in [-0.2, -0.15) is 0 Å². The molecule has 11 nitrogen and oxygen atoms in total. The molecule has 0 spiro atoms. The average molecular weight is 678 g/mol. The van der Waals surface area contributed by atoms with Gasteiger partial charge >= 0.3 is 5.69 Å².